The summed E-state index contributed by atoms with van der Waals surface area (Å²) in [6, 6.07) is 2.51. The molecule has 0 aliphatic rings. The Bertz CT molecular complexity index is 662. The quantitative estimate of drug-likeness (QED) is 0.890. The maximum atomic E-state index is 12.3. The van der Waals surface area contributed by atoms with E-state index in [1.165, 1.54) is 25.1 Å². The summed E-state index contributed by atoms with van der Waals surface area (Å²) in [5.41, 5.74) is 0.909. The molecule has 1 aromatic rings. The van der Waals surface area contributed by atoms with Crippen LogP contribution in [0.25, 0.3) is 0 Å². The molecule has 1 aromatic carbocycles. The van der Waals surface area contributed by atoms with Gasteiger partial charge in [0.2, 0.25) is 5.91 Å². The standard InChI is InChI=1S/C13H17NO5S/c1-8-5-10(13(16)17)6-11(9(8)2)20(18,19)7-12(15)14(3)4/h5-6H,7H2,1-4H3,(H,16,17). The lowest BCUT2D eigenvalue weighted by molar-refractivity contribution is -0.125. The van der Waals surface area contributed by atoms with Crippen LogP contribution in [0.1, 0.15) is 21.5 Å². The summed E-state index contributed by atoms with van der Waals surface area (Å²) in [4.78, 5) is 23.7. The van der Waals surface area contributed by atoms with E-state index in [1.54, 1.807) is 13.8 Å². The summed E-state index contributed by atoms with van der Waals surface area (Å²) in [5.74, 6) is -2.44. The van der Waals surface area contributed by atoms with Gasteiger partial charge in [-0.25, -0.2) is 13.2 Å². The third kappa shape index (κ3) is 3.36. The molecule has 0 saturated heterocycles. The van der Waals surface area contributed by atoms with Crippen LogP contribution in [0, 0.1) is 13.8 Å². The Morgan fingerprint density at radius 3 is 2.20 bits per heavy atom. The smallest absolute Gasteiger partial charge is 0.335 e. The highest BCUT2D eigenvalue weighted by molar-refractivity contribution is 7.92. The zero-order chi connectivity index (χ0) is 15.7. The number of amides is 1. The Kier molecular flexibility index (Phi) is 4.54. The van der Waals surface area contributed by atoms with Gasteiger partial charge >= 0.3 is 5.97 Å². The topological polar surface area (TPSA) is 91.7 Å². The van der Waals surface area contributed by atoms with Gasteiger partial charge in [0.15, 0.2) is 9.84 Å². The summed E-state index contributed by atoms with van der Waals surface area (Å²) in [6.45, 7) is 3.22. The fourth-order valence-electron chi connectivity index (χ4n) is 1.64. The van der Waals surface area contributed by atoms with Gasteiger partial charge in [0.1, 0.15) is 5.75 Å². The Morgan fingerprint density at radius 1 is 1.20 bits per heavy atom. The molecule has 0 atom stereocenters. The summed E-state index contributed by atoms with van der Waals surface area (Å²) < 4.78 is 24.5. The van der Waals surface area contributed by atoms with Crippen LogP contribution in [0.15, 0.2) is 17.0 Å². The van der Waals surface area contributed by atoms with Gasteiger partial charge in [-0.3, -0.25) is 4.79 Å². The molecule has 0 radical (unpaired) electrons. The zero-order valence-corrected chi connectivity index (χ0v) is 12.6. The van der Waals surface area contributed by atoms with E-state index in [0.29, 0.717) is 11.1 Å². The van der Waals surface area contributed by atoms with Crippen molar-refractivity contribution in [3.63, 3.8) is 0 Å². The molecular formula is C13H17NO5S. The molecule has 1 amide bonds. The van der Waals surface area contributed by atoms with Crippen LogP contribution in [0.2, 0.25) is 0 Å². The molecule has 0 bridgehead atoms. The first kappa shape index (κ1) is 16.2. The number of aromatic carboxylic acids is 1. The highest BCUT2D eigenvalue weighted by Crippen LogP contribution is 2.22. The van der Waals surface area contributed by atoms with Gasteiger partial charge in [-0.15, -0.1) is 0 Å². The van der Waals surface area contributed by atoms with Gasteiger partial charge in [-0.1, -0.05) is 0 Å². The Labute approximate surface area is 117 Å². The van der Waals surface area contributed by atoms with E-state index in [-0.39, 0.29) is 10.5 Å². The number of hydrogen-bond acceptors (Lipinski definition) is 4. The predicted molar refractivity (Wildman–Crippen MR) is 73.6 cm³/mol. The van der Waals surface area contributed by atoms with Gasteiger partial charge in [-0.2, -0.15) is 0 Å². The molecule has 0 aliphatic heterocycles. The molecule has 110 valence electrons. The molecule has 1 N–H and O–H groups in total. The van der Waals surface area contributed by atoms with Crippen molar-refractivity contribution >= 4 is 21.7 Å². The fourth-order valence-corrected chi connectivity index (χ4v) is 3.32. The SMILES string of the molecule is Cc1cc(C(=O)O)cc(S(=O)(=O)CC(=O)N(C)C)c1C. The minimum absolute atomic E-state index is 0.106. The molecule has 0 unspecified atom stereocenters. The predicted octanol–water partition coefficient (Wildman–Crippen LogP) is 0.864. The van der Waals surface area contributed by atoms with Crippen molar-refractivity contribution in [3.8, 4) is 0 Å². The number of carboxylic acid groups (broad SMARTS) is 1. The largest absolute Gasteiger partial charge is 0.478 e. The normalized spacial score (nSPS) is 11.2. The van der Waals surface area contributed by atoms with Gasteiger partial charge in [0, 0.05) is 14.1 Å². The number of hydrogen-bond donors (Lipinski definition) is 1. The molecule has 0 heterocycles. The number of nitrogens with zero attached hydrogens (tertiary/aromatic N) is 1. The van der Waals surface area contributed by atoms with Gasteiger partial charge in [-0.05, 0) is 37.1 Å². The van der Waals surface area contributed by atoms with Crippen molar-refractivity contribution < 1.29 is 23.1 Å². The highest BCUT2D eigenvalue weighted by Gasteiger charge is 2.24. The van der Waals surface area contributed by atoms with Crippen LogP contribution < -0.4 is 0 Å². The van der Waals surface area contributed by atoms with Crippen molar-refractivity contribution in [2.75, 3.05) is 19.8 Å². The molecule has 0 spiro atoms. The summed E-state index contributed by atoms with van der Waals surface area (Å²) >= 11 is 0. The molecule has 20 heavy (non-hydrogen) atoms. The van der Waals surface area contributed by atoms with Crippen molar-refractivity contribution in [1.29, 1.82) is 0 Å². The van der Waals surface area contributed by atoms with E-state index >= 15 is 0 Å². The minimum atomic E-state index is -3.87. The number of rotatable bonds is 4. The highest BCUT2D eigenvalue weighted by atomic mass is 32.2. The third-order valence-corrected chi connectivity index (χ3v) is 4.74. The van der Waals surface area contributed by atoms with Crippen molar-refractivity contribution in [2.24, 2.45) is 0 Å². The number of benzene rings is 1. The van der Waals surface area contributed by atoms with Crippen LogP contribution in [-0.4, -0.2) is 50.1 Å². The van der Waals surface area contributed by atoms with Crippen LogP contribution in [0.5, 0.6) is 0 Å². The third-order valence-electron chi connectivity index (χ3n) is 3.01. The average molecular weight is 299 g/mol. The molecule has 0 aromatic heterocycles. The van der Waals surface area contributed by atoms with E-state index in [1.807, 2.05) is 0 Å². The van der Waals surface area contributed by atoms with E-state index in [9.17, 15) is 18.0 Å². The lowest BCUT2D eigenvalue weighted by atomic mass is 10.1. The van der Waals surface area contributed by atoms with E-state index < -0.39 is 27.5 Å². The van der Waals surface area contributed by atoms with E-state index in [4.69, 9.17) is 5.11 Å². The second kappa shape index (κ2) is 5.62. The van der Waals surface area contributed by atoms with Crippen LogP contribution in [-0.2, 0) is 14.6 Å². The molecule has 0 fully saturated rings. The van der Waals surface area contributed by atoms with Crippen molar-refractivity contribution in [3.05, 3.63) is 28.8 Å². The monoisotopic (exact) mass is 299 g/mol. The number of aryl methyl sites for hydroxylation is 1. The molecular weight excluding hydrogens is 282 g/mol. The molecule has 6 nitrogen and oxygen atoms in total. The molecule has 7 heteroatoms. The van der Waals surface area contributed by atoms with Crippen LogP contribution in [0.3, 0.4) is 0 Å². The van der Waals surface area contributed by atoms with Crippen LogP contribution >= 0.6 is 0 Å². The van der Waals surface area contributed by atoms with Crippen LogP contribution in [0.4, 0.5) is 0 Å². The lowest BCUT2D eigenvalue weighted by Crippen LogP contribution is -2.29. The Hall–Kier alpha value is -1.89. The summed E-state index contributed by atoms with van der Waals surface area (Å²) in [7, 11) is -0.944. The summed E-state index contributed by atoms with van der Waals surface area (Å²) in [6.07, 6.45) is 0. The van der Waals surface area contributed by atoms with Crippen molar-refractivity contribution in [2.45, 2.75) is 18.7 Å². The summed E-state index contributed by atoms with van der Waals surface area (Å²) in [5, 5.41) is 8.99. The average Bonchev–Trinajstić information content (AvgIpc) is 2.31. The second-order valence-electron chi connectivity index (χ2n) is 4.77. The van der Waals surface area contributed by atoms with Gasteiger partial charge in [0.25, 0.3) is 0 Å². The second-order valence-corrected chi connectivity index (χ2v) is 6.73. The molecule has 1 rings (SSSR count). The van der Waals surface area contributed by atoms with E-state index in [2.05, 4.69) is 0 Å². The van der Waals surface area contributed by atoms with Gasteiger partial charge in [0.05, 0.1) is 10.5 Å². The maximum absolute atomic E-state index is 12.3. The Balaban J connectivity index is 3.38. The number of sulfone groups is 1. The first-order chi connectivity index (χ1) is 9.06. The number of carbonyl (C=O) groups excluding carboxylic acids is 1. The first-order valence-electron chi connectivity index (χ1n) is 5.83. The Morgan fingerprint density at radius 2 is 1.75 bits per heavy atom. The van der Waals surface area contributed by atoms with E-state index in [0.717, 1.165) is 6.07 Å². The van der Waals surface area contributed by atoms with Gasteiger partial charge < -0.3 is 10.0 Å². The minimum Gasteiger partial charge on any atom is -0.478 e. The first-order valence-corrected chi connectivity index (χ1v) is 7.49. The fraction of sp³-hybridized carbons (Fsp3) is 0.385. The zero-order valence-electron chi connectivity index (χ0n) is 11.8. The van der Waals surface area contributed by atoms with Crippen molar-refractivity contribution in [1.82, 2.24) is 4.90 Å². The molecule has 0 aliphatic carbocycles. The molecule has 0 saturated carbocycles. The number of carboxylic acids is 1. The lowest BCUT2D eigenvalue weighted by Gasteiger charge is -2.13. The number of carbonyl (C=O) groups is 2. The maximum Gasteiger partial charge on any atom is 0.335 e.